The quantitative estimate of drug-likeness (QED) is 0.0428. The zero-order valence-electron chi connectivity index (χ0n) is 46.7. The van der Waals surface area contributed by atoms with Crippen molar-refractivity contribution in [3.05, 3.63) is 121 Å². The molecule has 23 nitrogen and oxygen atoms in total. The highest BCUT2D eigenvalue weighted by molar-refractivity contribution is 5.78. The predicted molar refractivity (Wildman–Crippen MR) is 299 cm³/mol. The largest absolute Gasteiger partial charge is 0.453 e. The molecule has 4 aromatic rings. The highest BCUT2D eigenvalue weighted by Gasteiger charge is 2.21. The third-order valence-corrected chi connectivity index (χ3v) is 8.01. The molecule has 0 spiro atoms. The number of carbonyl (C=O) groups is 3. The number of anilines is 2. The van der Waals surface area contributed by atoms with Gasteiger partial charge in [0.25, 0.3) is 5.92 Å². The number of pyridine rings is 2. The van der Waals surface area contributed by atoms with Crippen molar-refractivity contribution in [3.8, 4) is 0 Å². The molecule has 1 aromatic carbocycles. The summed E-state index contributed by atoms with van der Waals surface area (Å²) in [5, 5.41) is 20.6. The third kappa shape index (κ3) is 52.8. The first-order chi connectivity index (χ1) is 36.0. The van der Waals surface area contributed by atoms with Gasteiger partial charge >= 0.3 is 12.2 Å². The van der Waals surface area contributed by atoms with Crippen LogP contribution < -0.4 is 53.1 Å². The van der Waals surface area contributed by atoms with Crippen LogP contribution in [0.2, 0.25) is 0 Å². The van der Waals surface area contributed by atoms with Gasteiger partial charge in [-0.2, -0.15) is 0 Å². The lowest BCUT2D eigenvalue weighted by Gasteiger charge is -2.16. The Balaban J connectivity index is -0.000000384. The van der Waals surface area contributed by atoms with E-state index in [1.165, 1.54) is 45.3 Å². The number of nitrogens with zero attached hydrogens (tertiary/aromatic N) is 8. The number of carbonyl (C=O) groups excluding carboxylic acids is 3. The fourth-order valence-corrected chi connectivity index (χ4v) is 4.24. The zero-order valence-corrected chi connectivity index (χ0v) is 46.7. The van der Waals surface area contributed by atoms with E-state index in [-0.39, 0.29) is 12.6 Å². The van der Waals surface area contributed by atoms with Gasteiger partial charge < -0.3 is 56.6 Å². The van der Waals surface area contributed by atoms with Crippen molar-refractivity contribution in [3.63, 3.8) is 0 Å². The lowest BCUT2D eigenvalue weighted by molar-refractivity contribution is -0.121. The van der Waals surface area contributed by atoms with Gasteiger partial charge in [0.05, 0.1) is 63.7 Å². The summed E-state index contributed by atoms with van der Waals surface area (Å²) in [7, 11) is 22.0. The molecule has 0 aliphatic carbocycles. The number of nitrogens with one attached hydrogen (secondary N) is 9. The van der Waals surface area contributed by atoms with Crippen molar-refractivity contribution < 1.29 is 37.5 Å². The number of para-hydroxylation sites is 1. The van der Waals surface area contributed by atoms with Gasteiger partial charge in [0.1, 0.15) is 6.34 Å². The average Bonchev–Trinajstić information content (AvgIpc) is 3.97. The monoisotopic (exact) mass is 1060 g/mol. The number of alkyl halides is 2. The number of hydrazine groups is 1. The number of benzene rings is 1. The SMILES string of the molecule is CCNC.CN=CNOC.CNC(=O)OC.CNCC(=O)NCC(C)(F)F.CNCC1=CCC=N1.CNCc1ccccn1.CNN(C)c1ccccc1.CNc1ncccn1.COC(=O)N(C)Cc1ccccn1. The molecule has 3 aromatic heterocycles. The number of halogens is 2. The van der Waals surface area contributed by atoms with Gasteiger partial charge in [-0.1, -0.05) is 43.3 Å². The van der Waals surface area contributed by atoms with Crippen LogP contribution >= 0.6 is 0 Å². The van der Waals surface area contributed by atoms with E-state index in [1.807, 2.05) is 101 Å². The Labute approximate surface area is 444 Å². The number of alkyl carbamates (subject to hydrolysis) is 1. The van der Waals surface area contributed by atoms with E-state index in [0.29, 0.717) is 12.5 Å². The minimum Gasteiger partial charge on any atom is -0.453 e. The molecule has 0 atom stereocenters. The Morgan fingerprint density at radius 2 is 1.31 bits per heavy atom. The van der Waals surface area contributed by atoms with Gasteiger partial charge in [0.15, 0.2) is 0 Å². The first kappa shape index (κ1) is 74.2. The second-order valence-electron chi connectivity index (χ2n) is 14.2. The van der Waals surface area contributed by atoms with Gasteiger partial charge in [-0.05, 0) is 77.2 Å². The molecule has 0 saturated carbocycles. The van der Waals surface area contributed by atoms with E-state index in [0.717, 1.165) is 50.1 Å². The molecule has 1 aliphatic rings. The third-order valence-electron chi connectivity index (χ3n) is 8.01. The maximum absolute atomic E-state index is 12.1. The number of likely N-dealkylation sites (N-methyl/N-ethyl adjacent to an activating group) is 2. The summed E-state index contributed by atoms with van der Waals surface area (Å²) in [6.07, 6.45) is 12.6. The highest BCUT2D eigenvalue weighted by Crippen LogP contribution is 2.09. The van der Waals surface area contributed by atoms with Crippen LogP contribution in [0, 0.1) is 0 Å². The van der Waals surface area contributed by atoms with E-state index in [1.54, 1.807) is 59.0 Å². The fraction of sp³-hybridized carbons (Fsp3) is 0.460. The van der Waals surface area contributed by atoms with E-state index < -0.39 is 24.5 Å². The van der Waals surface area contributed by atoms with Crippen LogP contribution in [-0.4, -0.2) is 179 Å². The Kier molecular flexibility index (Phi) is 53.9. The van der Waals surface area contributed by atoms with Gasteiger partial charge in [0.2, 0.25) is 11.9 Å². The van der Waals surface area contributed by atoms with Crippen molar-refractivity contribution in [1.82, 2.24) is 67.6 Å². The Bertz CT molecular complexity index is 1970. The van der Waals surface area contributed by atoms with E-state index >= 15 is 0 Å². The zero-order chi connectivity index (χ0) is 57.4. The summed E-state index contributed by atoms with van der Waals surface area (Å²) in [5.41, 5.74) is 9.68. The van der Waals surface area contributed by atoms with Crippen molar-refractivity contribution in [2.24, 2.45) is 9.98 Å². The van der Waals surface area contributed by atoms with Crippen LogP contribution in [0.4, 0.5) is 30.0 Å². The number of hydrogen-bond acceptors (Lipinski definition) is 19. The number of methoxy groups -OCH3 is 2. The number of allylic oxidation sites excluding steroid dienone is 1. The number of rotatable bonds is 16. The van der Waals surface area contributed by atoms with Crippen molar-refractivity contribution in [1.29, 1.82) is 0 Å². The topological polar surface area (TPSA) is 270 Å². The minimum absolute atomic E-state index is 0.0656. The van der Waals surface area contributed by atoms with E-state index in [2.05, 4.69) is 117 Å². The van der Waals surface area contributed by atoms with Gasteiger partial charge in [-0.3, -0.25) is 35.1 Å². The standard InChI is InChI=1S/C9H12N2O2.C8H12N2.C7H10N2.C6H12F2N2O.C6H10N2.C5H7N3.C3H8N2O.C3H7NO2.C3H9N/c1-11(9(12)13-2)7-8-5-3-4-6-10-8;1-9-10(2)8-6-4-3-5-7-8;1-8-6-7-4-2-3-5-9-7;1-6(7,8)4-10-5(11)3-9-2;1-7-5-6-3-2-4-8-6;1-6-5-7-3-2-4-8-5;1-4-3-5-6-2;1-4-3(5)6-2;1-3-4-2/h3-6H,7H2,1-2H3;3-7,9H,1-2H3;2-5,8H,6H2,1H3;9H,3-4H2,1-2H3,(H,10,11);3-4,7H,2,5H2,1H3;2-4H,1H3,(H,6,7,8);3H,1-2H3,(H,4,5);1-2H3,(H,4,5);4H,3H2,1-2H3. The number of aromatic nitrogens is 4. The second-order valence-corrected chi connectivity index (χ2v) is 14.2. The maximum atomic E-state index is 12.1. The molecule has 4 heterocycles. The van der Waals surface area contributed by atoms with Crippen LogP contribution in [0.3, 0.4) is 0 Å². The number of hydroxylamine groups is 1. The summed E-state index contributed by atoms with van der Waals surface area (Å²) >= 11 is 0. The lowest BCUT2D eigenvalue weighted by Crippen LogP contribution is -2.38. The predicted octanol–water partition coefficient (Wildman–Crippen LogP) is 4.39. The van der Waals surface area contributed by atoms with Crippen molar-refractivity contribution in [2.75, 3.05) is 128 Å². The molecule has 1 aliphatic heterocycles. The average molecular weight is 1060 g/mol. The van der Waals surface area contributed by atoms with Crippen molar-refractivity contribution in [2.45, 2.75) is 39.3 Å². The van der Waals surface area contributed by atoms with Crippen LogP contribution in [0.25, 0.3) is 0 Å². The van der Waals surface area contributed by atoms with E-state index in [4.69, 9.17) is 0 Å². The molecule has 0 bridgehead atoms. The highest BCUT2D eigenvalue weighted by atomic mass is 19.3. The van der Waals surface area contributed by atoms with Crippen LogP contribution in [0.15, 0.2) is 119 Å². The molecule has 3 amide bonds. The summed E-state index contributed by atoms with van der Waals surface area (Å²) in [6, 6.07) is 23.4. The summed E-state index contributed by atoms with van der Waals surface area (Å²) in [4.78, 5) is 60.9. The number of aliphatic imine (C=N–C) groups is 2. The molecule has 25 heteroatoms. The van der Waals surface area contributed by atoms with Gasteiger partial charge in [-0.25, -0.2) is 33.8 Å². The first-order valence-electron chi connectivity index (χ1n) is 23.4. The molecule has 9 N–H and O–H groups in total. The molecule has 0 unspecified atom stereocenters. The van der Waals surface area contributed by atoms with Crippen LogP contribution in [0.5, 0.6) is 0 Å². The second kappa shape index (κ2) is 54.5. The minimum atomic E-state index is -2.83. The molecule has 0 fully saturated rings. The molecule has 0 saturated heterocycles. The lowest BCUT2D eigenvalue weighted by atomic mass is 10.3. The Hall–Kier alpha value is -7.29. The number of amides is 3. The Morgan fingerprint density at radius 1 is 0.747 bits per heavy atom. The molecule has 0 radical (unpaired) electrons. The molecular weight excluding hydrogens is 973 g/mol. The van der Waals surface area contributed by atoms with Crippen LogP contribution in [-0.2, 0) is 32.2 Å². The molecular formula is C50H87F2N17O6. The number of hydrogen-bond donors (Lipinski definition) is 9. The van der Waals surface area contributed by atoms with Gasteiger partial charge in [0, 0.05) is 99.7 Å². The fourth-order valence-electron chi connectivity index (χ4n) is 4.24. The van der Waals surface area contributed by atoms with E-state index in [9.17, 15) is 23.2 Å². The van der Waals surface area contributed by atoms with Crippen molar-refractivity contribution >= 4 is 42.3 Å². The van der Waals surface area contributed by atoms with Gasteiger partial charge in [-0.15, -0.1) is 0 Å². The molecule has 422 valence electrons. The normalized spacial score (nSPS) is 10.1. The first-order valence-corrected chi connectivity index (χ1v) is 23.4. The molecule has 5 rings (SSSR count). The molecule has 75 heavy (non-hydrogen) atoms. The summed E-state index contributed by atoms with van der Waals surface area (Å²) in [6.45, 7) is 5.57. The summed E-state index contributed by atoms with van der Waals surface area (Å²) < 4.78 is 32.9. The smallest absolute Gasteiger partial charge is 0.409 e. The van der Waals surface area contributed by atoms with Crippen LogP contribution in [0.1, 0.15) is 31.7 Å². The Morgan fingerprint density at radius 3 is 1.67 bits per heavy atom. The number of ether oxygens (including phenoxy) is 2. The maximum Gasteiger partial charge on any atom is 0.409 e. The summed E-state index contributed by atoms with van der Waals surface area (Å²) in [5.74, 6) is -2.59.